The van der Waals surface area contributed by atoms with Crippen LogP contribution in [0.5, 0.6) is 0 Å². The van der Waals surface area contributed by atoms with Crippen molar-refractivity contribution >= 4 is 34.4 Å². The van der Waals surface area contributed by atoms with Gasteiger partial charge in [-0.2, -0.15) is 19.9 Å². The summed E-state index contributed by atoms with van der Waals surface area (Å²) in [7, 11) is 0. The molecular formula is C20H20ClN7O2. The molecule has 3 aromatic heterocycles. The minimum atomic E-state index is -0.358. The smallest absolute Gasteiger partial charge is 0.263 e. The molecule has 0 fully saturated rings. The van der Waals surface area contributed by atoms with Crippen LogP contribution in [-0.2, 0) is 4.79 Å². The van der Waals surface area contributed by atoms with Crippen molar-refractivity contribution in [3.8, 4) is 11.6 Å². The number of rotatable bonds is 5. The standard InChI is InChI=1S/C20H20ClN7O2/c1-11(2)8-17(29)23-16-9-12(3)26-28(16)20-24-18-15(19(30)25-20)10-22-27(18)14-6-4-13(21)5-7-14/h4-7,9-11H,8H2,1-3H3,(H,23,29)(H,24,25,30). The zero-order valence-corrected chi connectivity index (χ0v) is 17.4. The van der Waals surface area contributed by atoms with Gasteiger partial charge in [0.25, 0.3) is 5.56 Å². The van der Waals surface area contributed by atoms with Gasteiger partial charge in [-0.25, -0.2) is 4.68 Å². The SMILES string of the molecule is Cc1cc(NC(=O)CC(C)C)n(-c2nc3c(cnn3-c3ccc(Cl)cc3)c(=O)[nH]2)n1. The number of nitrogens with one attached hydrogen (secondary N) is 2. The summed E-state index contributed by atoms with van der Waals surface area (Å²) in [6.07, 6.45) is 1.83. The summed E-state index contributed by atoms with van der Waals surface area (Å²) < 4.78 is 2.96. The number of carbonyl (C=O) groups is 1. The van der Waals surface area contributed by atoms with E-state index < -0.39 is 0 Å². The molecule has 0 aliphatic rings. The molecule has 3 heterocycles. The van der Waals surface area contributed by atoms with Crippen LogP contribution in [0.2, 0.25) is 5.02 Å². The van der Waals surface area contributed by atoms with Crippen LogP contribution < -0.4 is 10.9 Å². The molecule has 0 aliphatic heterocycles. The molecule has 9 nitrogen and oxygen atoms in total. The second-order valence-corrected chi connectivity index (χ2v) is 7.82. The molecule has 4 aromatic rings. The Morgan fingerprint density at radius 3 is 2.67 bits per heavy atom. The molecule has 30 heavy (non-hydrogen) atoms. The largest absolute Gasteiger partial charge is 0.310 e. The quantitative estimate of drug-likeness (QED) is 0.510. The normalized spacial score (nSPS) is 11.4. The average Bonchev–Trinajstić information content (AvgIpc) is 3.25. The minimum Gasteiger partial charge on any atom is -0.310 e. The van der Waals surface area contributed by atoms with Gasteiger partial charge in [-0.1, -0.05) is 25.4 Å². The number of hydrogen-bond donors (Lipinski definition) is 2. The van der Waals surface area contributed by atoms with Gasteiger partial charge in [0.1, 0.15) is 11.2 Å². The van der Waals surface area contributed by atoms with E-state index in [9.17, 15) is 9.59 Å². The highest BCUT2D eigenvalue weighted by atomic mass is 35.5. The van der Waals surface area contributed by atoms with Crippen LogP contribution in [0.25, 0.3) is 22.7 Å². The van der Waals surface area contributed by atoms with Crippen LogP contribution in [0, 0.1) is 12.8 Å². The molecule has 1 aromatic carbocycles. The number of halogens is 1. The summed E-state index contributed by atoms with van der Waals surface area (Å²) in [5.41, 5.74) is 1.39. The summed E-state index contributed by atoms with van der Waals surface area (Å²) in [5.74, 6) is 0.681. The minimum absolute atomic E-state index is 0.138. The molecule has 154 valence electrons. The average molecular weight is 426 g/mol. The van der Waals surface area contributed by atoms with Crippen LogP contribution in [0.4, 0.5) is 5.82 Å². The highest BCUT2D eigenvalue weighted by molar-refractivity contribution is 6.30. The maximum Gasteiger partial charge on any atom is 0.263 e. The van der Waals surface area contributed by atoms with E-state index in [1.807, 2.05) is 13.8 Å². The molecule has 0 aliphatic carbocycles. The third-order valence-electron chi connectivity index (χ3n) is 4.39. The van der Waals surface area contributed by atoms with Gasteiger partial charge in [-0.05, 0) is 37.1 Å². The molecule has 0 saturated carbocycles. The number of aromatic nitrogens is 6. The highest BCUT2D eigenvalue weighted by Crippen LogP contribution is 2.19. The van der Waals surface area contributed by atoms with E-state index in [1.165, 1.54) is 10.9 Å². The van der Waals surface area contributed by atoms with Crippen molar-refractivity contribution in [2.24, 2.45) is 5.92 Å². The van der Waals surface area contributed by atoms with Crippen molar-refractivity contribution in [3.63, 3.8) is 0 Å². The Morgan fingerprint density at radius 2 is 1.97 bits per heavy atom. The van der Waals surface area contributed by atoms with Gasteiger partial charge in [0.15, 0.2) is 5.65 Å². The first-order valence-corrected chi connectivity index (χ1v) is 9.80. The number of H-pyrrole nitrogens is 1. The fraction of sp³-hybridized carbons (Fsp3) is 0.250. The van der Waals surface area contributed by atoms with Crippen LogP contribution >= 0.6 is 11.6 Å². The Morgan fingerprint density at radius 1 is 1.23 bits per heavy atom. The molecule has 10 heteroatoms. The van der Waals surface area contributed by atoms with E-state index in [4.69, 9.17) is 11.6 Å². The molecule has 4 rings (SSSR count). The predicted molar refractivity (Wildman–Crippen MR) is 114 cm³/mol. The molecule has 2 N–H and O–H groups in total. The molecule has 0 atom stereocenters. The third-order valence-corrected chi connectivity index (χ3v) is 4.64. The lowest BCUT2D eigenvalue weighted by Crippen LogP contribution is -2.19. The topological polar surface area (TPSA) is 110 Å². The van der Waals surface area contributed by atoms with Crippen molar-refractivity contribution in [3.05, 3.63) is 57.6 Å². The van der Waals surface area contributed by atoms with Crippen molar-refractivity contribution < 1.29 is 4.79 Å². The number of carbonyl (C=O) groups excluding carboxylic acids is 1. The molecule has 1 amide bonds. The summed E-state index contributed by atoms with van der Waals surface area (Å²) in [6, 6.07) is 8.76. The second kappa shape index (κ2) is 7.75. The molecular weight excluding hydrogens is 406 g/mol. The summed E-state index contributed by atoms with van der Waals surface area (Å²) in [5, 5.41) is 12.4. The number of aryl methyl sites for hydroxylation is 1. The predicted octanol–water partition coefficient (Wildman–Crippen LogP) is 3.24. The third kappa shape index (κ3) is 3.84. The van der Waals surface area contributed by atoms with E-state index in [1.54, 1.807) is 41.9 Å². The lowest BCUT2D eigenvalue weighted by molar-refractivity contribution is -0.116. The summed E-state index contributed by atoms with van der Waals surface area (Å²) in [6.45, 7) is 5.73. The molecule has 0 spiro atoms. The maximum atomic E-state index is 12.7. The van der Waals surface area contributed by atoms with E-state index in [0.29, 0.717) is 39.7 Å². The first-order valence-electron chi connectivity index (χ1n) is 9.42. The number of nitrogens with zero attached hydrogens (tertiary/aromatic N) is 5. The second-order valence-electron chi connectivity index (χ2n) is 7.39. The summed E-state index contributed by atoms with van der Waals surface area (Å²) >= 11 is 5.97. The maximum absolute atomic E-state index is 12.7. The fourth-order valence-electron chi connectivity index (χ4n) is 3.09. The Kier molecular flexibility index (Phi) is 5.13. The number of amides is 1. The number of anilines is 1. The monoisotopic (exact) mass is 425 g/mol. The van der Waals surface area contributed by atoms with Crippen LogP contribution in [-0.4, -0.2) is 35.4 Å². The molecule has 0 bridgehead atoms. The number of benzene rings is 1. The Bertz CT molecular complexity index is 1280. The zero-order valence-electron chi connectivity index (χ0n) is 16.7. The lowest BCUT2D eigenvalue weighted by Gasteiger charge is -2.10. The van der Waals surface area contributed by atoms with E-state index in [0.717, 1.165) is 0 Å². The van der Waals surface area contributed by atoms with E-state index in [-0.39, 0.29) is 23.3 Å². The number of aromatic amines is 1. The summed E-state index contributed by atoms with van der Waals surface area (Å²) in [4.78, 5) is 32.2. The Hall–Kier alpha value is -3.46. The van der Waals surface area contributed by atoms with Crippen molar-refractivity contribution in [2.75, 3.05) is 5.32 Å². The molecule has 0 unspecified atom stereocenters. The van der Waals surface area contributed by atoms with Crippen LogP contribution in [0.3, 0.4) is 0 Å². The van der Waals surface area contributed by atoms with Crippen molar-refractivity contribution in [1.29, 1.82) is 0 Å². The highest BCUT2D eigenvalue weighted by Gasteiger charge is 2.17. The first-order chi connectivity index (χ1) is 14.3. The molecule has 0 saturated heterocycles. The number of fused-ring (bicyclic) bond motifs is 1. The van der Waals surface area contributed by atoms with E-state index >= 15 is 0 Å². The van der Waals surface area contributed by atoms with E-state index in [2.05, 4.69) is 25.5 Å². The van der Waals surface area contributed by atoms with Crippen LogP contribution in [0.1, 0.15) is 26.0 Å². The Balaban J connectivity index is 1.81. The zero-order chi connectivity index (χ0) is 21.4. The van der Waals surface area contributed by atoms with Gasteiger partial charge in [0.05, 0.1) is 17.6 Å². The first kappa shape index (κ1) is 19.8. The fourth-order valence-corrected chi connectivity index (χ4v) is 3.22. The molecule has 0 radical (unpaired) electrons. The van der Waals surface area contributed by atoms with Gasteiger partial charge >= 0.3 is 0 Å². The van der Waals surface area contributed by atoms with Gasteiger partial charge in [0, 0.05) is 17.5 Å². The van der Waals surface area contributed by atoms with Crippen molar-refractivity contribution in [2.45, 2.75) is 27.2 Å². The van der Waals surface area contributed by atoms with Crippen LogP contribution in [0.15, 0.2) is 41.3 Å². The van der Waals surface area contributed by atoms with Gasteiger partial charge in [0.2, 0.25) is 11.9 Å². The van der Waals surface area contributed by atoms with Gasteiger partial charge in [-0.15, -0.1) is 0 Å². The lowest BCUT2D eigenvalue weighted by atomic mass is 10.1. The van der Waals surface area contributed by atoms with Gasteiger partial charge in [-0.3, -0.25) is 14.6 Å². The van der Waals surface area contributed by atoms with Crippen molar-refractivity contribution in [1.82, 2.24) is 29.5 Å². The van der Waals surface area contributed by atoms with Gasteiger partial charge < -0.3 is 5.32 Å². The number of hydrogen-bond acceptors (Lipinski definition) is 5. The Labute approximate surface area is 176 Å².